The van der Waals surface area contributed by atoms with Crippen molar-refractivity contribution in [3.8, 4) is 0 Å². The molecule has 1 aliphatic carbocycles. The van der Waals surface area contributed by atoms with E-state index in [9.17, 15) is 18.0 Å². The maximum atomic E-state index is 12.7. The highest BCUT2D eigenvalue weighted by molar-refractivity contribution is 5.97. The van der Waals surface area contributed by atoms with E-state index in [1.54, 1.807) is 0 Å². The average molecular weight is 301 g/mol. The molecule has 1 unspecified atom stereocenters. The van der Waals surface area contributed by atoms with Gasteiger partial charge >= 0.3 is 6.18 Å². The second kappa shape index (κ2) is 5.91. The van der Waals surface area contributed by atoms with E-state index in [0.717, 1.165) is 37.8 Å². The zero-order valence-corrected chi connectivity index (χ0v) is 11.7. The largest absolute Gasteiger partial charge is 0.433 e. The first-order chi connectivity index (χ1) is 9.79. The average Bonchev–Trinajstić information content (AvgIpc) is 2.91. The number of aromatic nitrogens is 1. The Morgan fingerprint density at radius 1 is 1.38 bits per heavy atom. The van der Waals surface area contributed by atoms with Crippen LogP contribution in [-0.4, -0.2) is 16.9 Å². The monoisotopic (exact) mass is 301 g/mol. The van der Waals surface area contributed by atoms with Crippen LogP contribution in [0.25, 0.3) is 0 Å². The number of anilines is 1. The maximum Gasteiger partial charge on any atom is 0.433 e. The number of pyridine rings is 1. The van der Waals surface area contributed by atoms with E-state index in [2.05, 4.69) is 10.3 Å². The molecule has 21 heavy (non-hydrogen) atoms. The van der Waals surface area contributed by atoms with Gasteiger partial charge in [0, 0.05) is 6.04 Å². The van der Waals surface area contributed by atoms with Gasteiger partial charge in [0.1, 0.15) is 11.5 Å². The summed E-state index contributed by atoms with van der Waals surface area (Å²) in [7, 11) is 0. The van der Waals surface area contributed by atoms with E-state index in [1.165, 1.54) is 0 Å². The van der Waals surface area contributed by atoms with Crippen LogP contribution in [0.1, 0.15) is 48.7 Å². The molecule has 0 radical (unpaired) electrons. The third kappa shape index (κ3) is 3.65. The van der Waals surface area contributed by atoms with Gasteiger partial charge in [0.05, 0.1) is 5.56 Å². The third-order valence-electron chi connectivity index (χ3n) is 3.92. The number of nitrogens with zero attached hydrogens (tertiary/aromatic N) is 1. The van der Waals surface area contributed by atoms with E-state index in [-0.39, 0.29) is 17.4 Å². The Balaban J connectivity index is 2.27. The van der Waals surface area contributed by atoms with Crippen LogP contribution in [0, 0.1) is 5.92 Å². The molecule has 1 amide bonds. The Hall–Kier alpha value is -1.79. The molecule has 3 N–H and O–H groups in total. The number of nitrogens with one attached hydrogen (secondary N) is 1. The Morgan fingerprint density at radius 2 is 2.00 bits per heavy atom. The van der Waals surface area contributed by atoms with Crippen molar-refractivity contribution in [1.29, 1.82) is 0 Å². The van der Waals surface area contributed by atoms with E-state index in [1.807, 2.05) is 6.92 Å². The molecule has 116 valence electrons. The smallest absolute Gasteiger partial charge is 0.367 e. The maximum absolute atomic E-state index is 12.7. The molecular formula is C14H18F3N3O. The molecule has 4 nitrogen and oxygen atoms in total. The fourth-order valence-electron chi connectivity index (χ4n) is 2.72. The van der Waals surface area contributed by atoms with Crippen LogP contribution in [0.2, 0.25) is 0 Å². The number of halogens is 3. The van der Waals surface area contributed by atoms with Gasteiger partial charge in [0.2, 0.25) is 0 Å². The van der Waals surface area contributed by atoms with Gasteiger partial charge in [-0.3, -0.25) is 4.79 Å². The number of carbonyl (C=O) groups is 1. The van der Waals surface area contributed by atoms with Crippen molar-refractivity contribution in [2.24, 2.45) is 11.7 Å². The zero-order valence-electron chi connectivity index (χ0n) is 11.7. The van der Waals surface area contributed by atoms with Crippen molar-refractivity contribution < 1.29 is 18.0 Å². The summed E-state index contributed by atoms with van der Waals surface area (Å²) in [6, 6.07) is 1.79. The van der Waals surface area contributed by atoms with Crippen LogP contribution in [-0.2, 0) is 6.18 Å². The molecule has 1 saturated carbocycles. The fourth-order valence-corrected chi connectivity index (χ4v) is 2.72. The topological polar surface area (TPSA) is 68.0 Å². The van der Waals surface area contributed by atoms with Crippen LogP contribution in [0.3, 0.4) is 0 Å². The van der Waals surface area contributed by atoms with Crippen molar-refractivity contribution in [2.75, 3.05) is 5.32 Å². The van der Waals surface area contributed by atoms with Gasteiger partial charge in [-0.25, -0.2) is 4.98 Å². The number of alkyl halides is 3. The molecular weight excluding hydrogens is 283 g/mol. The van der Waals surface area contributed by atoms with Crippen LogP contribution in [0.4, 0.5) is 19.0 Å². The minimum atomic E-state index is -4.55. The van der Waals surface area contributed by atoms with Crippen LogP contribution in [0.15, 0.2) is 12.1 Å². The summed E-state index contributed by atoms with van der Waals surface area (Å²) in [5.74, 6) is -0.504. The number of nitrogens with two attached hydrogens (primary N) is 1. The van der Waals surface area contributed by atoms with Gasteiger partial charge in [-0.1, -0.05) is 12.8 Å². The number of amides is 1. The van der Waals surface area contributed by atoms with Gasteiger partial charge in [0.15, 0.2) is 0 Å². The van der Waals surface area contributed by atoms with E-state index >= 15 is 0 Å². The van der Waals surface area contributed by atoms with E-state index < -0.39 is 17.8 Å². The molecule has 1 aromatic rings. The molecule has 1 aliphatic rings. The summed E-state index contributed by atoms with van der Waals surface area (Å²) >= 11 is 0. The summed E-state index contributed by atoms with van der Waals surface area (Å²) in [5.41, 5.74) is 4.15. The SMILES string of the molecule is CC(Nc1nc(C(F)(F)F)ccc1C(N)=O)C1CCCC1. The highest BCUT2D eigenvalue weighted by Gasteiger charge is 2.34. The lowest BCUT2D eigenvalue weighted by molar-refractivity contribution is -0.141. The predicted molar refractivity (Wildman–Crippen MR) is 72.8 cm³/mol. The summed E-state index contributed by atoms with van der Waals surface area (Å²) in [5, 5.41) is 2.93. The number of primary amides is 1. The Labute approximate surface area is 120 Å². The number of hydrogen-bond donors (Lipinski definition) is 2. The molecule has 2 rings (SSSR count). The third-order valence-corrected chi connectivity index (χ3v) is 3.92. The molecule has 1 atom stereocenters. The molecule has 0 aliphatic heterocycles. The zero-order chi connectivity index (χ0) is 15.6. The highest BCUT2D eigenvalue weighted by atomic mass is 19.4. The Kier molecular flexibility index (Phi) is 4.39. The van der Waals surface area contributed by atoms with Crippen molar-refractivity contribution in [3.05, 3.63) is 23.4 Å². The van der Waals surface area contributed by atoms with Crippen LogP contribution >= 0.6 is 0 Å². The molecule has 1 fully saturated rings. The van der Waals surface area contributed by atoms with Gasteiger partial charge < -0.3 is 11.1 Å². The molecule has 0 aromatic carbocycles. The first-order valence-corrected chi connectivity index (χ1v) is 6.93. The molecule has 1 heterocycles. The van der Waals surface area contributed by atoms with Crippen molar-refractivity contribution in [3.63, 3.8) is 0 Å². The quantitative estimate of drug-likeness (QED) is 0.897. The van der Waals surface area contributed by atoms with Gasteiger partial charge in [-0.05, 0) is 37.8 Å². The first kappa shape index (κ1) is 15.6. The van der Waals surface area contributed by atoms with Crippen molar-refractivity contribution in [1.82, 2.24) is 4.98 Å². The lowest BCUT2D eigenvalue weighted by Gasteiger charge is -2.22. The summed E-state index contributed by atoms with van der Waals surface area (Å²) in [6.07, 6.45) is -0.258. The van der Waals surface area contributed by atoms with Crippen LogP contribution in [0.5, 0.6) is 0 Å². The van der Waals surface area contributed by atoms with Crippen molar-refractivity contribution in [2.45, 2.75) is 44.8 Å². The molecule has 0 saturated heterocycles. The normalized spacial score (nSPS) is 17.7. The highest BCUT2D eigenvalue weighted by Crippen LogP contribution is 2.32. The molecule has 7 heteroatoms. The molecule has 0 spiro atoms. The van der Waals surface area contributed by atoms with E-state index in [0.29, 0.717) is 5.92 Å². The second-order valence-electron chi connectivity index (χ2n) is 5.43. The number of carbonyl (C=O) groups excluding carboxylic acids is 1. The van der Waals surface area contributed by atoms with Gasteiger partial charge in [-0.15, -0.1) is 0 Å². The lowest BCUT2D eigenvalue weighted by atomic mass is 9.99. The van der Waals surface area contributed by atoms with Gasteiger partial charge in [-0.2, -0.15) is 13.2 Å². The molecule has 0 bridgehead atoms. The fraction of sp³-hybridized carbons (Fsp3) is 0.571. The first-order valence-electron chi connectivity index (χ1n) is 6.93. The Morgan fingerprint density at radius 3 is 2.52 bits per heavy atom. The summed E-state index contributed by atoms with van der Waals surface area (Å²) < 4.78 is 38.2. The lowest BCUT2D eigenvalue weighted by Crippen LogP contribution is -2.27. The predicted octanol–water partition coefficient (Wildman–Crippen LogP) is 3.19. The summed E-state index contributed by atoms with van der Waals surface area (Å²) in [4.78, 5) is 14.9. The number of rotatable bonds is 4. The van der Waals surface area contributed by atoms with Crippen LogP contribution < -0.4 is 11.1 Å². The number of hydrogen-bond acceptors (Lipinski definition) is 3. The summed E-state index contributed by atoms with van der Waals surface area (Å²) in [6.45, 7) is 1.89. The Bertz CT molecular complexity index is 525. The van der Waals surface area contributed by atoms with Gasteiger partial charge in [0.25, 0.3) is 5.91 Å². The van der Waals surface area contributed by atoms with Crippen molar-refractivity contribution >= 4 is 11.7 Å². The van der Waals surface area contributed by atoms with E-state index in [4.69, 9.17) is 5.73 Å². The minimum absolute atomic E-state index is 0.0205. The minimum Gasteiger partial charge on any atom is -0.367 e. The standard InChI is InChI=1S/C14H18F3N3O/c1-8(9-4-2-3-5-9)19-13-10(12(18)21)6-7-11(20-13)14(15,16)17/h6-9H,2-5H2,1H3,(H2,18,21)(H,19,20). The molecule has 1 aromatic heterocycles. The second-order valence-corrected chi connectivity index (χ2v) is 5.43.